The summed E-state index contributed by atoms with van der Waals surface area (Å²) < 4.78 is 13.5. The van der Waals surface area contributed by atoms with Crippen LogP contribution >= 0.6 is 0 Å². The first-order valence-electron chi connectivity index (χ1n) is 5.92. The molecule has 1 unspecified atom stereocenters. The van der Waals surface area contributed by atoms with E-state index in [1.165, 1.54) is 18.2 Å². The highest BCUT2D eigenvalue weighted by Crippen LogP contribution is 2.23. The minimum Gasteiger partial charge on any atom is -0.389 e. The van der Waals surface area contributed by atoms with Crippen LogP contribution in [-0.4, -0.2) is 11.0 Å². The van der Waals surface area contributed by atoms with E-state index >= 15 is 0 Å². The zero-order chi connectivity index (χ0) is 13.8. The Kier molecular flexibility index (Phi) is 3.92. The van der Waals surface area contributed by atoms with Gasteiger partial charge in [-0.05, 0) is 25.1 Å². The summed E-state index contributed by atoms with van der Waals surface area (Å²) in [5, 5.41) is 12.2. The van der Waals surface area contributed by atoms with Crippen molar-refractivity contribution in [1.29, 1.82) is 0 Å². The van der Waals surface area contributed by atoms with Gasteiger partial charge in [0.15, 0.2) is 0 Å². The van der Waals surface area contributed by atoms with Gasteiger partial charge in [0.05, 0.1) is 11.7 Å². The summed E-state index contributed by atoms with van der Waals surface area (Å²) in [6.07, 6.45) is -0.711. The number of halogens is 1. The number of para-hydroxylation sites is 1. The fraction of sp³-hybridized carbons (Fsp3) is 0.133. The number of amides is 1. The lowest BCUT2D eigenvalue weighted by molar-refractivity contribution is 0.102. The molecule has 0 aliphatic rings. The van der Waals surface area contributed by atoms with Crippen LogP contribution in [0.3, 0.4) is 0 Å². The second-order valence-corrected chi connectivity index (χ2v) is 4.20. The van der Waals surface area contributed by atoms with Gasteiger partial charge in [-0.1, -0.05) is 30.3 Å². The van der Waals surface area contributed by atoms with E-state index in [1.54, 1.807) is 37.3 Å². The minimum atomic E-state index is -0.711. The van der Waals surface area contributed by atoms with Gasteiger partial charge < -0.3 is 10.4 Å². The van der Waals surface area contributed by atoms with Crippen LogP contribution in [0.5, 0.6) is 0 Å². The topological polar surface area (TPSA) is 49.3 Å². The predicted molar refractivity (Wildman–Crippen MR) is 71.4 cm³/mol. The quantitative estimate of drug-likeness (QED) is 0.889. The molecule has 2 aromatic carbocycles. The van der Waals surface area contributed by atoms with E-state index in [2.05, 4.69) is 5.32 Å². The molecular formula is C15H14FNO2. The average molecular weight is 259 g/mol. The van der Waals surface area contributed by atoms with Crippen molar-refractivity contribution in [2.45, 2.75) is 13.0 Å². The largest absolute Gasteiger partial charge is 0.389 e. The number of carbonyl (C=O) groups is 1. The second-order valence-electron chi connectivity index (χ2n) is 4.20. The maximum Gasteiger partial charge on any atom is 0.258 e. The third-order valence-electron chi connectivity index (χ3n) is 2.78. The minimum absolute atomic E-state index is 0.0251. The number of hydrogen-bond acceptors (Lipinski definition) is 2. The lowest BCUT2D eigenvalue weighted by Gasteiger charge is -2.13. The number of carbonyl (C=O) groups excluding carboxylic acids is 1. The fourth-order valence-corrected chi connectivity index (χ4v) is 1.81. The van der Waals surface area contributed by atoms with Crippen molar-refractivity contribution in [3.63, 3.8) is 0 Å². The van der Waals surface area contributed by atoms with Crippen LogP contribution in [0.2, 0.25) is 0 Å². The van der Waals surface area contributed by atoms with Crippen molar-refractivity contribution in [1.82, 2.24) is 0 Å². The molecule has 2 aromatic rings. The molecule has 0 fully saturated rings. The summed E-state index contributed by atoms with van der Waals surface area (Å²) in [6.45, 7) is 1.61. The Labute approximate surface area is 110 Å². The van der Waals surface area contributed by atoms with Crippen LogP contribution in [0, 0.1) is 5.82 Å². The molecule has 2 N–H and O–H groups in total. The zero-order valence-electron chi connectivity index (χ0n) is 10.4. The van der Waals surface area contributed by atoms with Gasteiger partial charge in [0.25, 0.3) is 5.91 Å². The van der Waals surface area contributed by atoms with Gasteiger partial charge in [0.2, 0.25) is 0 Å². The number of aliphatic hydroxyl groups is 1. The van der Waals surface area contributed by atoms with Crippen LogP contribution in [0.4, 0.5) is 10.1 Å². The lowest BCUT2D eigenvalue weighted by atomic mass is 10.1. The zero-order valence-corrected chi connectivity index (χ0v) is 10.4. The normalized spacial score (nSPS) is 11.9. The number of benzene rings is 2. The first-order chi connectivity index (χ1) is 9.09. The number of hydrogen-bond donors (Lipinski definition) is 2. The number of aliphatic hydroxyl groups excluding tert-OH is 1. The highest BCUT2D eigenvalue weighted by atomic mass is 19.1. The lowest BCUT2D eigenvalue weighted by Crippen LogP contribution is -2.15. The van der Waals surface area contributed by atoms with Crippen molar-refractivity contribution >= 4 is 11.6 Å². The molecule has 19 heavy (non-hydrogen) atoms. The molecule has 0 aliphatic heterocycles. The summed E-state index contributed by atoms with van der Waals surface area (Å²) in [6, 6.07) is 12.6. The molecule has 0 radical (unpaired) electrons. The fourth-order valence-electron chi connectivity index (χ4n) is 1.81. The molecule has 0 aromatic heterocycles. The summed E-state index contributed by atoms with van der Waals surface area (Å²) in [5.74, 6) is -1.11. The third kappa shape index (κ3) is 2.98. The van der Waals surface area contributed by atoms with E-state index < -0.39 is 17.8 Å². The molecule has 0 saturated heterocycles. The van der Waals surface area contributed by atoms with Gasteiger partial charge in [0.1, 0.15) is 5.82 Å². The Bertz CT molecular complexity index is 596. The summed E-state index contributed by atoms with van der Waals surface area (Å²) in [4.78, 5) is 12.0. The number of anilines is 1. The van der Waals surface area contributed by atoms with Crippen LogP contribution in [-0.2, 0) is 0 Å². The maximum atomic E-state index is 13.5. The molecule has 0 saturated carbocycles. The highest BCUT2D eigenvalue weighted by molar-refractivity contribution is 6.04. The van der Waals surface area contributed by atoms with E-state index in [1.807, 2.05) is 0 Å². The van der Waals surface area contributed by atoms with Gasteiger partial charge in [-0.15, -0.1) is 0 Å². The third-order valence-corrected chi connectivity index (χ3v) is 2.78. The Hall–Kier alpha value is -2.20. The Balaban J connectivity index is 2.27. The molecule has 0 aliphatic carbocycles. The van der Waals surface area contributed by atoms with Gasteiger partial charge in [0, 0.05) is 11.3 Å². The molecule has 1 atom stereocenters. The van der Waals surface area contributed by atoms with Crippen LogP contribution < -0.4 is 5.32 Å². The average Bonchev–Trinajstić information content (AvgIpc) is 2.39. The van der Waals surface area contributed by atoms with Gasteiger partial charge >= 0.3 is 0 Å². The monoisotopic (exact) mass is 259 g/mol. The number of nitrogens with one attached hydrogen (secondary N) is 1. The highest BCUT2D eigenvalue weighted by Gasteiger charge is 2.14. The van der Waals surface area contributed by atoms with E-state index in [4.69, 9.17) is 0 Å². The van der Waals surface area contributed by atoms with Crippen molar-refractivity contribution < 1.29 is 14.3 Å². The van der Waals surface area contributed by atoms with Crippen molar-refractivity contribution in [2.75, 3.05) is 5.32 Å². The smallest absolute Gasteiger partial charge is 0.258 e. The molecule has 2 rings (SSSR count). The first-order valence-corrected chi connectivity index (χ1v) is 5.92. The predicted octanol–water partition coefficient (Wildman–Crippen LogP) is 3.13. The van der Waals surface area contributed by atoms with Crippen LogP contribution in [0.15, 0.2) is 48.5 Å². The molecule has 98 valence electrons. The number of rotatable bonds is 3. The molecular weight excluding hydrogens is 245 g/mol. The molecule has 1 amide bonds. The van der Waals surface area contributed by atoms with Gasteiger partial charge in [-0.25, -0.2) is 4.39 Å². The summed E-state index contributed by atoms with van der Waals surface area (Å²) >= 11 is 0. The van der Waals surface area contributed by atoms with E-state index in [0.717, 1.165) is 0 Å². The van der Waals surface area contributed by atoms with Crippen LogP contribution in [0.25, 0.3) is 0 Å². The van der Waals surface area contributed by atoms with Crippen molar-refractivity contribution in [3.05, 3.63) is 65.5 Å². The Morgan fingerprint density at radius 3 is 2.47 bits per heavy atom. The Morgan fingerprint density at radius 1 is 1.16 bits per heavy atom. The van der Waals surface area contributed by atoms with Crippen molar-refractivity contribution in [3.8, 4) is 0 Å². The Morgan fingerprint density at radius 2 is 1.79 bits per heavy atom. The van der Waals surface area contributed by atoms with E-state index in [-0.39, 0.29) is 5.56 Å². The molecule has 0 spiro atoms. The van der Waals surface area contributed by atoms with E-state index in [0.29, 0.717) is 11.3 Å². The summed E-state index contributed by atoms with van der Waals surface area (Å²) in [5.41, 5.74) is 1.04. The van der Waals surface area contributed by atoms with Crippen LogP contribution in [0.1, 0.15) is 28.9 Å². The maximum absolute atomic E-state index is 13.5. The molecule has 0 heterocycles. The summed E-state index contributed by atoms with van der Waals surface area (Å²) in [7, 11) is 0. The molecule has 3 nitrogen and oxygen atoms in total. The van der Waals surface area contributed by atoms with Crippen molar-refractivity contribution in [2.24, 2.45) is 0 Å². The van der Waals surface area contributed by atoms with E-state index in [9.17, 15) is 14.3 Å². The SMILES string of the molecule is CC(O)c1ccccc1NC(=O)c1ccccc1F. The van der Waals surface area contributed by atoms with Gasteiger partial charge in [-0.3, -0.25) is 4.79 Å². The second kappa shape index (κ2) is 5.63. The molecule has 4 heteroatoms. The standard InChI is InChI=1S/C15H14FNO2/c1-10(18)11-6-3-5-9-14(11)17-15(19)12-7-2-4-8-13(12)16/h2-10,18H,1H3,(H,17,19). The van der Waals surface area contributed by atoms with Gasteiger partial charge in [-0.2, -0.15) is 0 Å². The first kappa shape index (κ1) is 13.2. The molecule has 0 bridgehead atoms.